The summed E-state index contributed by atoms with van der Waals surface area (Å²) < 4.78 is 0. The molecular formula is C12H17N3. The molecule has 0 saturated heterocycles. The van der Waals surface area contributed by atoms with Gasteiger partial charge < -0.3 is 10.6 Å². The molecule has 1 rings (SSSR count). The molecule has 3 nitrogen and oxygen atoms in total. The average Bonchev–Trinajstić information content (AvgIpc) is 2.26. The number of rotatable bonds is 4. The van der Waals surface area contributed by atoms with Crippen LogP contribution in [-0.4, -0.2) is 18.1 Å². The second-order valence-corrected chi connectivity index (χ2v) is 3.45. The zero-order valence-corrected chi connectivity index (χ0v) is 9.27. The van der Waals surface area contributed by atoms with E-state index in [0.717, 1.165) is 17.9 Å². The van der Waals surface area contributed by atoms with Gasteiger partial charge in [-0.1, -0.05) is 5.92 Å². The van der Waals surface area contributed by atoms with E-state index >= 15 is 0 Å². The van der Waals surface area contributed by atoms with Crippen LogP contribution in [0.25, 0.3) is 0 Å². The Labute approximate surface area is 91.3 Å². The summed E-state index contributed by atoms with van der Waals surface area (Å²) in [7, 11) is 0. The summed E-state index contributed by atoms with van der Waals surface area (Å²) in [5.74, 6) is 3.51. The second kappa shape index (κ2) is 5.38. The Hall–Kier alpha value is -1.53. The van der Waals surface area contributed by atoms with Gasteiger partial charge in [0, 0.05) is 18.8 Å². The van der Waals surface area contributed by atoms with Crippen LogP contribution in [0.3, 0.4) is 0 Å². The van der Waals surface area contributed by atoms with Gasteiger partial charge in [-0.2, -0.15) is 0 Å². The molecule has 2 N–H and O–H groups in total. The van der Waals surface area contributed by atoms with Crippen molar-refractivity contribution in [3.63, 3.8) is 0 Å². The van der Waals surface area contributed by atoms with Gasteiger partial charge in [0.05, 0.1) is 6.54 Å². The van der Waals surface area contributed by atoms with Crippen molar-refractivity contribution in [2.45, 2.75) is 19.9 Å². The van der Waals surface area contributed by atoms with Crippen LogP contribution >= 0.6 is 0 Å². The van der Waals surface area contributed by atoms with Gasteiger partial charge in [-0.05, 0) is 31.5 Å². The van der Waals surface area contributed by atoms with Crippen molar-refractivity contribution in [3.8, 4) is 12.3 Å². The Morgan fingerprint density at radius 3 is 2.93 bits per heavy atom. The zero-order chi connectivity index (χ0) is 11.3. The first-order valence-electron chi connectivity index (χ1n) is 5.09. The minimum Gasteiger partial charge on any atom is -0.346 e. The number of hydrogen-bond donors (Lipinski definition) is 1. The lowest BCUT2D eigenvalue weighted by molar-refractivity contribution is 0.808. The van der Waals surface area contributed by atoms with E-state index in [-0.39, 0.29) is 6.04 Å². The second-order valence-electron chi connectivity index (χ2n) is 3.45. The molecule has 0 amide bonds. The highest BCUT2D eigenvalue weighted by molar-refractivity contribution is 5.42. The fourth-order valence-corrected chi connectivity index (χ4v) is 1.36. The highest BCUT2D eigenvalue weighted by Crippen LogP contribution is 2.16. The van der Waals surface area contributed by atoms with Crippen LogP contribution in [0.2, 0.25) is 0 Å². The minimum atomic E-state index is 0.0243. The maximum Gasteiger partial charge on any atom is 0.129 e. The van der Waals surface area contributed by atoms with E-state index in [4.69, 9.17) is 12.2 Å². The van der Waals surface area contributed by atoms with Crippen LogP contribution in [0.15, 0.2) is 18.3 Å². The van der Waals surface area contributed by atoms with Crippen LogP contribution in [0.1, 0.15) is 25.5 Å². The molecule has 80 valence electrons. The Morgan fingerprint density at radius 2 is 2.40 bits per heavy atom. The van der Waals surface area contributed by atoms with E-state index in [0.29, 0.717) is 6.54 Å². The molecule has 0 bridgehead atoms. The van der Waals surface area contributed by atoms with Crippen molar-refractivity contribution in [1.29, 1.82) is 0 Å². The number of hydrogen-bond acceptors (Lipinski definition) is 3. The van der Waals surface area contributed by atoms with E-state index in [1.54, 1.807) is 6.20 Å². The van der Waals surface area contributed by atoms with E-state index in [1.165, 1.54) is 0 Å². The number of anilines is 1. The molecule has 0 aliphatic rings. The molecule has 0 aromatic carbocycles. The smallest absolute Gasteiger partial charge is 0.129 e. The summed E-state index contributed by atoms with van der Waals surface area (Å²) in [5.41, 5.74) is 6.89. The van der Waals surface area contributed by atoms with Crippen molar-refractivity contribution in [1.82, 2.24) is 4.98 Å². The first-order valence-corrected chi connectivity index (χ1v) is 5.09. The molecule has 1 atom stereocenters. The summed E-state index contributed by atoms with van der Waals surface area (Å²) in [6.07, 6.45) is 7.07. The van der Waals surface area contributed by atoms with Gasteiger partial charge in [-0.25, -0.2) is 4.98 Å². The number of nitrogens with zero attached hydrogens (tertiary/aromatic N) is 2. The predicted octanol–water partition coefficient (Wildman–Crippen LogP) is 1.56. The highest BCUT2D eigenvalue weighted by Gasteiger charge is 2.06. The Kier molecular flexibility index (Phi) is 4.14. The fraction of sp³-hybridized carbons (Fsp3) is 0.417. The maximum absolute atomic E-state index is 5.81. The molecule has 3 heteroatoms. The minimum absolute atomic E-state index is 0.0243. The molecule has 0 aliphatic heterocycles. The monoisotopic (exact) mass is 203 g/mol. The molecule has 1 aromatic rings. The van der Waals surface area contributed by atoms with Crippen molar-refractivity contribution in [2.75, 3.05) is 18.0 Å². The van der Waals surface area contributed by atoms with Gasteiger partial charge in [-0.3, -0.25) is 0 Å². The molecule has 1 heterocycles. The lowest BCUT2D eigenvalue weighted by atomic mass is 10.1. The first kappa shape index (κ1) is 11.5. The summed E-state index contributed by atoms with van der Waals surface area (Å²) in [4.78, 5) is 6.32. The molecule has 0 spiro atoms. The van der Waals surface area contributed by atoms with E-state index in [1.807, 2.05) is 24.0 Å². The summed E-state index contributed by atoms with van der Waals surface area (Å²) in [5, 5.41) is 0. The summed E-state index contributed by atoms with van der Waals surface area (Å²) in [6, 6.07) is 3.94. The lowest BCUT2D eigenvalue weighted by Crippen LogP contribution is -2.24. The van der Waals surface area contributed by atoms with E-state index < -0.39 is 0 Å². The third-order valence-electron chi connectivity index (χ3n) is 2.28. The van der Waals surface area contributed by atoms with Crippen LogP contribution in [0.4, 0.5) is 5.82 Å². The molecule has 1 aromatic heterocycles. The van der Waals surface area contributed by atoms with Gasteiger partial charge in [0.15, 0.2) is 0 Å². The van der Waals surface area contributed by atoms with Crippen LogP contribution in [0.5, 0.6) is 0 Å². The predicted molar refractivity (Wildman–Crippen MR) is 63.6 cm³/mol. The van der Waals surface area contributed by atoms with Gasteiger partial charge >= 0.3 is 0 Å². The molecule has 0 fully saturated rings. The van der Waals surface area contributed by atoms with Gasteiger partial charge in [0.2, 0.25) is 0 Å². The van der Waals surface area contributed by atoms with Crippen LogP contribution in [-0.2, 0) is 0 Å². The topological polar surface area (TPSA) is 42.1 Å². The van der Waals surface area contributed by atoms with Crippen molar-refractivity contribution >= 4 is 5.82 Å². The molecule has 0 aliphatic carbocycles. The number of pyridine rings is 1. The van der Waals surface area contributed by atoms with E-state index in [9.17, 15) is 0 Å². The molecule has 0 unspecified atom stereocenters. The molecular weight excluding hydrogens is 186 g/mol. The van der Waals surface area contributed by atoms with Crippen molar-refractivity contribution in [3.05, 3.63) is 23.9 Å². The third kappa shape index (κ3) is 2.97. The van der Waals surface area contributed by atoms with Gasteiger partial charge in [0.1, 0.15) is 5.82 Å². The Morgan fingerprint density at radius 1 is 1.67 bits per heavy atom. The largest absolute Gasteiger partial charge is 0.346 e. The SMILES string of the molecule is C#CCN(CC)c1cc([C@H](C)N)ccn1. The highest BCUT2D eigenvalue weighted by atomic mass is 15.2. The number of nitrogens with two attached hydrogens (primary N) is 1. The Balaban J connectivity index is 2.93. The van der Waals surface area contributed by atoms with Crippen LogP contribution < -0.4 is 10.6 Å². The number of terminal acetylenes is 1. The van der Waals surface area contributed by atoms with Gasteiger partial charge in [-0.15, -0.1) is 6.42 Å². The average molecular weight is 203 g/mol. The fourth-order valence-electron chi connectivity index (χ4n) is 1.36. The van der Waals surface area contributed by atoms with Crippen molar-refractivity contribution in [2.24, 2.45) is 5.73 Å². The quantitative estimate of drug-likeness (QED) is 0.755. The molecule has 0 saturated carbocycles. The summed E-state index contributed by atoms with van der Waals surface area (Å²) >= 11 is 0. The Bertz CT molecular complexity index is 352. The molecule has 0 radical (unpaired) electrons. The maximum atomic E-state index is 5.81. The number of aromatic nitrogens is 1. The normalized spacial score (nSPS) is 11.9. The lowest BCUT2D eigenvalue weighted by Gasteiger charge is -2.20. The molecule has 15 heavy (non-hydrogen) atoms. The standard InChI is InChI=1S/C12H17N3/c1-4-8-15(5-2)12-9-11(10(3)13)6-7-14-12/h1,6-7,9-10H,5,8,13H2,2-3H3/t10-/m0/s1. The van der Waals surface area contributed by atoms with E-state index in [2.05, 4.69) is 17.8 Å². The van der Waals surface area contributed by atoms with Crippen molar-refractivity contribution < 1.29 is 0 Å². The van der Waals surface area contributed by atoms with Crippen LogP contribution in [0, 0.1) is 12.3 Å². The first-order chi connectivity index (χ1) is 7.19. The summed E-state index contributed by atoms with van der Waals surface area (Å²) in [6.45, 7) is 5.43. The van der Waals surface area contributed by atoms with Gasteiger partial charge in [0.25, 0.3) is 0 Å². The third-order valence-corrected chi connectivity index (χ3v) is 2.28. The zero-order valence-electron chi connectivity index (χ0n) is 9.27.